The first-order valence-corrected chi connectivity index (χ1v) is 12.7. The van der Waals surface area contributed by atoms with Crippen molar-refractivity contribution in [2.24, 2.45) is 0 Å². The van der Waals surface area contributed by atoms with Crippen LogP contribution in [0.15, 0.2) is 29.2 Å². The molecular formula is C22H35FN4O3S. The summed E-state index contributed by atoms with van der Waals surface area (Å²) in [5.41, 5.74) is 0. The predicted octanol–water partition coefficient (Wildman–Crippen LogP) is 1.90. The fraction of sp³-hybridized carbons (Fsp3) is 0.682. The summed E-state index contributed by atoms with van der Waals surface area (Å²) in [7, 11) is -3.90. The van der Waals surface area contributed by atoms with Gasteiger partial charge in [-0.25, -0.2) is 12.8 Å². The lowest BCUT2D eigenvalue weighted by molar-refractivity contribution is -0.131. The van der Waals surface area contributed by atoms with Gasteiger partial charge in [0.05, 0.1) is 4.90 Å². The second-order valence-electron chi connectivity index (χ2n) is 8.61. The fourth-order valence-corrected chi connectivity index (χ4v) is 6.03. The molecule has 2 heterocycles. The largest absolute Gasteiger partial charge is 0.340 e. The van der Waals surface area contributed by atoms with Crippen molar-refractivity contribution in [2.75, 3.05) is 45.8 Å². The van der Waals surface area contributed by atoms with E-state index in [1.165, 1.54) is 28.9 Å². The molecule has 31 heavy (non-hydrogen) atoms. The SMILES string of the molecule is C[C@@H]1CCC[C@H](C)N1CCN(CCC(=O)N1CCNCC1)S(=O)(=O)c1cccc(F)c1. The van der Waals surface area contributed by atoms with Crippen molar-refractivity contribution < 1.29 is 17.6 Å². The van der Waals surface area contributed by atoms with E-state index >= 15 is 0 Å². The van der Waals surface area contributed by atoms with E-state index in [2.05, 4.69) is 24.1 Å². The van der Waals surface area contributed by atoms with Crippen molar-refractivity contribution in [2.45, 2.75) is 56.5 Å². The molecule has 2 fully saturated rings. The van der Waals surface area contributed by atoms with Crippen molar-refractivity contribution in [3.8, 4) is 0 Å². The van der Waals surface area contributed by atoms with Gasteiger partial charge in [0.25, 0.3) is 0 Å². The highest BCUT2D eigenvalue weighted by atomic mass is 32.2. The van der Waals surface area contributed by atoms with Crippen LogP contribution in [0, 0.1) is 5.82 Å². The summed E-state index contributed by atoms with van der Waals surface area (Å²) in [5, 5.41) is 3.21. The molecule has 1 N–H and O–H groups in total. The van der Waals surface area contributed by atoms with Crippen LogP contribution in [0.3, 0.4) is 0 Å². The zero-order valence-electron chi connectivity index (χ0n) is 18.6. The van der Waals surface area contributed by atoms with Crippen LogP contribution in [0.1, 0.15) is 39.5 Å². The zero-order chi connectivity index (χ0) is 22.4. The Labute approximate surface area is 185 Å². The minimum atomic E-state index is -3.90. The minimum absolute atomic E-state index is 0.0411. The van der Waals surface area contributed by atoms with Crippen molar-refractivity contribution in [1.29, 1.82) is 0 Å². The van der Waals surface area contributed by atoms with E-state index in [0.717, 1.165) is 32.0 Å². The monoisotopic (exact) mass is 454 g/mol. The first kappa shape index (κ1) is 24.1. The van der Waals surface area contributed by atoms with E-state index in [1.807, 2.05) is 0 Å². The molecule has 2 atom stereocenters. The molecule has 7 nitrogen and oxygen atoms in total. The summed E-state index contributed by atoms with van der Waals surface area (Å²) < 4.78 is 41.7. The number of hydrogen-bond donors (Lipinski definition) is 1. The molecular weight excluding hydrogens is 419 g/mol. The quantitative estimate of drug-likeness (QED) is 0.650. The van der Waals surface area contributed by atoms with Gasteiger partial charge in [-0.1, -0.05) is 12.5 Å². The molecule has 1 aromatic rings. The average molecular weight is 455 g/mol. The van der Waals surface area contributed by atoms with Gasteiger partial charge in [0.2, 0.25) is 15.9 Å². The third kappa shape index (κ3) is 6.25. The van der Waals surface area contributed by atoms with Crippen LogP contribution < -0.4 is 5.32 Å². The molecule has 0 spiro atoms. The minimum Gasteiger partial charge on any atom is -0.340 e. The summed E-state index contributed by atoms with van der Waals surface area (Å²) >= 11 is 0. The molecule has 0 aliphatic carbocycles. The zero-order valence-corrected chi connectivity index (χ0v) is 19.4. The molecule has 0 saturated carbocycles. The number of sulfonamides is 1. The first-order valence-electron chi connectivity index (χ1n) is 11.3. The second-order valence-corrected chi connectivity index (χ2v) is 10.5. The average Bonchev–Trinajstić information content (AvgIpc) is 2.75. The molecule has 0 aromatic heterocycles. The van der Waals surface area contributed by atoms with Crippen LogP contribution >= 0.6 is 0 Å². The maximum Gasteiger partial charge on any atom is 0.243 e. The summed E-state index contributed by atoms with van der Waals surface area (Å²) in [5.74, 6) is -0.628. The number of hydrogen-bond acceptors (Lipinski definition) is 5. The van der Waals surface area contributed by atoms with E-state index in [4.69, 9.17) is 0 Å². The highest BCUT2D eigenvalue weighted by molar-refractivity contribution is 7.89. The second kappa shape index (κ2) is 10.8. The number of benzene rings is 1. The van der Waals surface area contributed by atoms with Gasteiger partial charge in [0.15, 0.2) is 0 Å². The maximum atomic E-state index is 13.7. The van der Waals surface area contributed by atoms with E-state index in [0.29, 0.717) is 31.7 Å². The number of halogens is 1. The lowest BCUT2D eigenvalue weighted by atomic mass is 9.98. The highest BCUT2D eigenvalue weighted by Gasteiger charge is 2.30. The van der Waals surface area contributed by atoms with Crippen molar-refractivity contribution in [1.82, 2.24) is 19.4 Å². The van der Waals surface area contributed by atoms with Gasteiger partial charge in [-0.05, 0) is 44.9 Å². The number of piperidine rings is 1. The number of likely N-dealkylation sites (tertiary alicyclic amines) is 1. The van der Waals surface area contributed by atoms with Crippen LogP contribution in [0.25, 0.3) is 0 Å². The number of amides is 1. The molecule has 0 unspecified atom stereocenters. The van der Waals surface area contributed by atoms with Gasteiger partial charge in [-0.2, -0.15) is 4.31 Å². The molecule has 0 radical (unpaired) electrons. The Hall–Kier alpha value is -1.55. The number of piperazine rings is 1. The van der Waals surface area contributed by atoms with Crippen LogP contribution in [0.5, 0.6) is 0 Å². The smallest absolute Gasteiger partial charge is 0.243 e. The number of carbonyl (C=O) groups excluding carboxylic acids is 1. The van der Waals surface area contributed by atoms with E-state index in [1.54, 1.807) is 4.90 Å². The van der Waals surface area contributed by atoms with Crippen molar-refractivity contribution in [3.63, 3.8) is 0 Å². The Balaban J connectivity index is 1.73. The molecule has 9 heteroatoms. The van der Waals surface area contributed by atoms with Crippen molar-refractivity contribution >= 4 is 15.9 Å². The molecule has 2 aliphatic rings. The van der Waals surface area contributed by atoms with Gasteiger partial charge in [-0.3, -0.25) is 9.69 Å². The van der Waals surface area contributed by atoms with Gasteiger partial charge in [0, 0.05) is 64.3 Å². The third-order valence-corrected chi connectivity index (χ3v) is 8.36. The third-order valence-electron chi connectivity index (χ3n) is 6.46. The highest BCUT2D eigenvalue weighted by Crippen LogP contribution is 2.23. The molecule has 0 bridgehead atoms. The normalized spacial score (nSPS) is 23.3. The number of rotatable bonds is 8. The number of nitrogens with one attached hydrogen (secondary N) is 1. The molecule has 1 aromatic carbocycles. The number of nitrogens with zero attached hydrogens (tertiary/aromatic N) is 3. The molecule has 3 rings (SSSR count). The summed E-state index contributed by atoms with van der Waals surface area (Å²) in [4.78, 5) is 16.7. The topological polar surface area (TPSA) is 73.0 Å². The fourth-order valence-electron chi connectivity index (χ4n) is 4.56. The standard InChI is InChI=1S/C22H35FN4O3S/c1-18-5-3-6-19(2)27(18)16-15-26(12-9-22(28)25-13-10-24-11-14-25)31(29,30)21-8-4-7-20(23)17-21/h4,7-8,17-19,24H,3,5-6,9-16H2,1-2H3/t18-,19+. The molecule has 2 aliphatic heterocycles. The Morgan fingerprint density at radius 3 is 2.48 bits per heavy atom. The molecule has 1 amide bonds. The van der Waals surface area contributed by atoms with Crippen LogP contribution in [0.4, 0.5) is 4.39 Å². The van der Waals surface area contributed by atoms with E-state index in [9.17, 15) is 17.6 Å². The van der Waals surface area contributed by atoms with Gasteiger partial charge >= 0.3 is 0 Å². The van der Waals surface area contributed by atoms with Crippen LogP contribution in [0.2, 0.25) is 0 Å². The van der Waals surface area contributed by atoms with Crippen LogP contribution in [-0.4, -0.2) is 86.3 Å². The molecule has 2 saturated heterocycles. The Morgan fingerprint density at radius 1 is 1.16 bits per heavy atom. The number of carbonyl (C=O) groups is 1. The Kier molecular flexibility index (Phi) is 8.43. The van der Waals surface area contributed by atoms with E-state index in [-0.39, 0.29) is 30.3 Å². The van der Waals surface area contributed by atoms with Gasteiger partial charge in [-0.15, -0.1) is 0 Å². The Morgan fingerprint density at radius 2 is 1.84 bits per heavy atom. The molecule has 174 valence electrons. The summed E-state index contributed by atoms with van der Waals surface area (Å²) in [6, 6.07) is 5.88. The van der Waals surface area contributed by atoms with Gasteiger partial charge in [0.1, 0.15) is 5.82 Å². The first-order chi connectivity index (χ1) is 14.8. The van der Waals surface area contributed by atoms with E-state index < -0.39 is 15.8 Å². The predicted molar refractivity (Wildman–Crippen MR) is 119 cm³/mol. The summed E-state index contributed by atoms with van der Waals surface area (Å²) in [6.07, 6.45) is 3.51. The van der Waals surface area contributed by atoms with Gasteiger partial charge < -0.3 is 10.2 Å². The van der Waals surface area contributed by atoms with Crippen molar-refractivity contribution in [3.05, 3.63) is 30.1 Å². The maximum absolute atomic E-state index is 13.7. The lowest BCUT2D eigenvalue weighted by Gasteiger charge is -2.40. The van der Waals surface area contributed by atoms with Crippen LogP contribution in [-0.2, 0) is 14.8 Å². The lowest BCUT2D eigenvalue weighted by Crippen LogP contribution is -2.49. The summed E-state index contributed by atoms with van der Waals surface area (Å²) in [6.45, 7) is 8.10. The Bertz CT molecular complexity index is 835.